The number of benzene rings is 1. The molecular weight excluding hydrogens is 280 g/mol. The summed E-state index contributed by atoms with van der Waals surface area (Å²) in [5, 5.41) is 23.0. The summed E-state index contributed by atoms with van der Waals surface area (Å²) < 4.78 is 0. The van der Waals surface area contributed by atoms with Crippen LogP contribution in [0.5, 0.6) is 0 Å². The molecule has 1 heterocycles. The van der Waals surface area contributed by atoms with Crippen LogP contribution in [-0.2, 0) is 0 Å². The van der Waals surface area contributed by atoms with Gasteiger partial charge in [0.05, 0.1) is 17.5 Å². The standard InChI is InChI=1S/C13H15ClN4O2/c14-11-2-1-3-12(13(11)18(19)20)16-10-4-7-17(8-5-10)9-6-15/h1-3,10,16H,4-5,7-9H2. The van der Waals surface area contributed by atoms with Crippen molar-refractivity contribution in [3.63, 3.8) is 0 Å². The Hall–Kier alpha value is -1.84. The number of nitro benzene ring substituents is 1. The number of hydrogen-bond donors (Lipinski definition) is 1. The summed E-state index contributed by atoms with van der Waals surface area (Å²) >= 11 is 5.88. The minimum absolute atomic E-state index is 0.0754. The number of nitrogens with zero attached hydrogens (tertiary/aromatic N) is 3. The van der Waals surface area contributed by atoms with E-state index >= 15 is 0 Å². The quantitative estimate of drug-likeness (QED) is 0.524. The Morgan fingerprint density at radius 3 is 2.80 bits per heavy atom. The number of likely N-dealkylation sites (tertiary alicyclic amines) is 1. The highest BCUT2D eigenvalue weighted by molar-refractivity contribution is 6.33. The zero-order chi connectivity index (χ0) is 14.5. The smallest absolute Gasteiger partial charge is 0.310 e. The predicted octanol–water partition coefficient (Wildman–Crippen LogP) is 2.65. The molecule has 6 nitrogen and oxygen atoms in total. The summed E-state index contributed by atoms with van der Waals surface area (Å²) in [5.74, 6) is 0. The lowest BCUT2D eigenvalue weighted by Crippen LogP contribution is -2.39. The lowest BCUT2D eigenvalue weighted by atomic mass is 10.0. The zero-order valence-corrected chi connectivity index (χ0v) is 11.6. The van der Waals surface area contributed by atoms with Gasteiger partial charge in [0.1, 0.15) is 10.7 Å². The van der Waals surface area contributed by atoms with Crippen LogP contribution in [0.15, 0.2) is 18.2 Å². The Morgan fingerprint density at radius 2 is 2.20 bits per heavy atom. The Kier molecular flexibility index (Phi) is 4.77. The Labute approximate surface area is 122 Å². The van der Waals surface area contributed by atoms with E-state index in [-0.39, 0.29) is 16.8 Å². The third kappa shape index (κ3) is 3.38. The van der Waals surface area contributed by atoms with Gasteiger partial charge in [-0.2, -0.15) is 5.26 Å². The number of nitro groups is 1. The normalized spacial score (nSPS) is 16.6. The van der Waals surface area contributed by atoms with Crippen molar-refractivity contribution >= 4 is 23.0 Å². The highest BCUT2D eigenvalue weighted by Crippen LogP contribution is 2.33. The Bertz CT molecular complexity index is 536. The first-order chi connectivity index (χ1) is 9.61. The van der Waals surface area contributed by atoms with Crippen LogP contribution >= 0.6 is 11.6 Å². The van der Waals surface area contributed by atoms with E-state index in [1.165, 1.54) is 6.07 Å². The summed E-state index contributed by atoms with van der Waals surface area (Å²) in [6, 6.07) is 7.18. The lowest BCUT2D eigenvalue weighted by molar-refractivity contribution is -0.383. The summed E-state index contributed by atoms with van der Waals surface area (Å²) in [5.41, 5.74) is 0.384. The third-order valence-corrected chi connectivity index (χ3v) is 3.72. The second kappa shape index (κ2) is 6.55. The number of nitriles is 1. The monoisotopic (exact) mass is 294 g/mol. The van der Waals surface area contributed by atoms with Crippen LogP contribution in [0.4, 0.5) is 11.4 Å². The second-order valence-electron chi connectivity index (χ2n) is 4.75. The van der Waals surface area contributed by atoms with Gasteiger partial charge in [-0.25, -0.2) is 0 Å². The first kappa shape index (κ1) is 14.6. The first-order valence-corrected chi connectivity index (χ1v) is 6.78. The molecule has 0 bridgehead atoms. The van der Waals surface area contributed by atoms with Crippen molar-refractivity contribution in [1.29, 1.82) is 5.26 Å². The fourth-order valence-corrected chi connectivity index (χ4v) is 2.62. The van der Waals surface area contributed by atoms with Crippen molar-refractivity contribution in [3.8, 4) is 6.07 Å². The van der Waals surface area contributed by atoms with E-state index < -0.39 is 4.92 Å². The average molecular weight is 295 g/mol. The number of rotatable bonds is 4. The maximum absolute atomic E-state index is 11.1. The molecule has 0 aromatic heterocycles. The molecule has 1 aromatic carbocycles. The SMILES string of the molecule is N#CCN1CCC(Nc2cccc(Cl)c2[N+](=O)[O-])CC1. The predicted molar refractivity (Wildman–Crippen MR) is 76.8 cm³/mol. The van der Waals surface area contributed by atoms with E-state index in [4.69, 9.17) is 16.9 Å². The van der Waals surface area contributed by atoms with Gasteiger partial charge in [0.25, 0.3) is 0 Å². The second-order valence-corrected chi connectivity index (χ2v) is 5.15. The molecule has 1 fully saturated rings. The lowest BCUT2D eigenvalue weighted by Gasteiger charge is -2.31. The Balaban J connectivity index is 2.03. The van der Waals surface area contributed by atoms with E-state index in [0.717, 1.165) is 25.9 Å². The number of hydrogen-bond acceptors (Lipinski definition) is 5. The van der Waals surface area contributed by atoms with Gasteiger partial charge < -0.3 is 5.32 Å². The van der Waals surface area contributed by atoms with Crippen molar-refractivity contribution in [2.24, 2.45) is 0 Å². The van der Waals surface area contributed by atoms with Crippen LogP contribution in [0.2, 0.25) is 5.02 Å². The minimum Gasteiger partial charge on any atom is -0.377 e. The third-order valence-electron chi connectivity index (χ3n) is 3.41. The molecule has 1 aromatic rings. The van der Waals surface area contributed by atoms with Gasteiger partial charge in [-0.05, 0) is 25.0 Å². The van der Waals surface area contributed by atoms with Gasteiger partial charge in [0.15, 0.2) is 0 Å². The molecule has 0 atom stereocenters. The van der Waals surface area contributed by atoms with Crippen molar-refractivity contribution in [1.82, 2.24) is 4.90 Å². The first-order valence-electron chi connectivity index (χ1n) is 6.40. The van der Waals surface area contributed by atoms with Crippen molar-refractivity contribution in [2.75, 3.05) is 25.0 Å². The molecule has 0 saturated carbocycles. The minimum atomic E-state index is -0.463. The van der Waals surface area contributed by atoms with Crippen LogP contribution in [0.25, 0.3) is 0 Å². The van der Waals surface area contributed by atoms with Gasteiger partial charge >= 0.3 is 5.69 Å². The van der Waals surface area contributed by atoms with E-state index in [9.17, 15) is 10.1 Å². The fraction of sp³-hybridized carbons (Fsp3) is 0.462. The summed E-state index contributed by atoms with van der Waals surface area (Å²) in [6.45, 7) is 2.07. The van der Waals surface area contributed by atoms with Gasteiger partial charge in [0.2, 0.25) is 0 Å². The molecule has 20 heavy (non-hydrogen) atoms. The largest absolute Gasteiger partial charge is 0.377 e. The van der Waals surface area contributed by atoms with Crippen LogP contribution in [0, 0.1) is 21.4 Å². The number of para-hydroxylation sites is 1. The molecular formula is C13H15ClN4O2. The Morgan fingerprint density at radius 1 is 1.50 bits per heavy atom. The summed E-state index contributed by atoms with van der Waals surface area (Å²) in [7, 11) is 0. The van der Waals surface area contributed by atoms with Crippen LogP contribution in [0.1, 0.15) is 12.8 Å². The van der Waals surface area contributed by atoms with Crippen molar-refractivity contribution < 1.29 is 4.92 Å². The topological polar surface area (TPSA) is 82.2 Å². The molecule has 2 rings (SSSR count). The molecule has 0 aliphatic carbocycles. The van der Waals surface area contributed by atoms with Crippen LogP contribution < -0.4 is 5.32 Å². The fourth-order valence-electron chi connectivity index (χ4n) is 2.37. The van der Waals surface area contributed by atoms with E-state index in [1.54, 1.807) is 12.1 Å². The molecule has 0 spiro atoms. The van der Waals surface area contributed by atoms with Gasteiger partial charge in [-0.15, -0.1) is 0 Å². The van der Waals surface area contributed by atoms with Gasteiger partial charge in [-0.3, -0.25) is 15.0 Å². The summed E-state index contributed by atoms with van der Waals surface area (Å²) in [6.07, 6.45) is 1.71. The molecule has 1 N–H and O–H groups in total. The van der Waals surface area contributed by atoms with E-state index in [2.05, 4.69) is 16.3 Å². The van der Waals surface area contributed by atoms with Crippen LogP contribution in [-0.4, -0.2) is 35.5 Å². The number of nitrogens with one attached hydrogen (secondary N) is 1. The van der Waals surface area contributed by atoms with Crippen molar-refractivity contribution in [2.45, 2.75) is 18.9 Å². The maximum atomic E-state index is 11.1. The molecule has 7 heteroatoms. The zero-order valence-electron chi connectivity index (χ0n) is 10.9. The molecule has 1 aliphatic heterocycles. The number of piperidine rings is 1. The molecule has 1 saturated heterocycles. The molecule has 106 valence electrons. The van der Waals surface area contributed by atoms with E-state index in [1.807, 2.05) is 0 Å². The van der Waals surface area contributed by atoms with Crippen LogP contribution in [0.3, 0.4) is 0 Å². The molecule has 0 unspecified atom stereocenters. The molecule has 1 aliphatic rings. The van der Waals surface area contributed by atoms with Gasteiger partial charge in [-0.1, -0.05) is 17.7 Å². The van der Waals surface area contributed by atoms with Gasteiger partial charge in [0, 0.05) is 19.1 Å². The number of halogens is 1. The van der Waals surface area contributed by atoms with E-state index in [0.29, 0.717) is 12.2 Å². The highest BCUT2D eigenvalue weighted by Gasteiger charge is 2.23. The number of anilines is 1. The average Bonchev–Trinajstić information content (AvgIpc) is 2.41. The summed E-state index contributed by atoms with van der Waals surface area (Å²) in [4.78, 5) is 12.7. The molecule has 0 radical (unpaired) electrons. The molecule has 0 amide bonds. The van der Waals surface area contributed by atoms with Crippen molar-refractivity contribution in [3.05, 3.63) is 33.3 Å². The highest BCUT2D eigenvalue weighted by atomic mass is 35.5. The maximum Gasteiger partial charge on any atom is 0.310 e.